The summed E-state index contributed by atoms with van der Waals surface area (Å²) >= 11 is 3.14. The molecule has 94 valence electrons. The van der Waals surface area contributed by atoms with Crippen molar-refractivity contribution >= 4 is 15.9 Å². The van der Waals surface area contributed by atoms with Crippen LogP contribution >= 0.6 is 15.9 Å². The molecular formula is C14H11BrF2O. The smallest absolute Gasteiger partial charge is 0.165 e. The zero-order chi connectivity index (χ0) is 13.1. The van der Waals surface area contributed by atoms with Gasteiger partial charge in [-0.3, -0.25) is 0 Å². The molecule has 2 aromatic carbocycles. The normalized spacial score (nSPS) is 10.4. The van der Waals surface area contributed by atoms with Crippen LogP contribution in [0.1, 0.15) is 11.1 Å². The van der Waals surface area contributed by atoms with Gasteiger partial charge in [-0.05, 0) is 46.6 Å². The molecule has 0 fully saturated rings. The van der Waals surface area contributed by atoms with Crippen LogP contribution in [0.4, 0.5) is 8.78 Å². The van der Waals surface area contributed by atoms with E-state index >= 15 is 0 Å². The van der Waals surface area contributed by atoms with Gasteiger partial charge in [-0.1, -0.05) is 18.2 Å². The van der Waals surface area contributed by atoms with Gasteiger partial charge in [0.25, 0.3) is 0 Å². The van der Waals surface area contributed by atoms with E-state index in [0.29, 0.717) is 10.0 Å². The molecule has 0 aliphatic heterocycles. The Morgan fingerprint density at radius 1 is 1.11 bits per heavy atom. The minimum absolute atomic E-state index is 0.110. The zero-order valence-electron chi connectivity index (χ0n) is 9.71. The fourth-order valence-electron chi connectivity index (χ4n) is 1.54. The van der Waals surface area contributed by atoms with Crippen molar-refractivity contribution in [1.29, 1.82) is 0 Å². The third-order valence-corrected chi connectivity index (χ3v) is 3.39. The summed E-state index contributed by atoms with van der Waals surface area (Å²) in [6.45, 7) is 1.96. The van der Waals surface area contributed by atoms with Gasteiger partial charge in [-0.15, -0.1) is 0 Å². The molecule has 0 N–H and O–H groups in total. The summed E-state index contributed by atoms with van der Waals surface area (Å²) in [7, 11) is 0. The molecular weight excluding hydrogens is 302 g/mol. The molecule has 1 nitrogen and oxygen atoms in total. The van der Waals surface area contributed by atoms with E-state index in [1.54, 1.807) is 24.3 Å². The monoisotopic (exact) mass is 312 g/mol. The molecule has 0 bridgehead atoms. The summed E-state index contributed by atoms with van der Waals surface area (Å²) in [5.41, 5.74) is 1.54. The Bertz CT molecular complexity index is 568. The van der Waals surface area contributed by atoms with Crippen molar-refractivity contribution in [1.82, 2.24) is 0 Å². The number of aryl methyl sites for hydroxylation is 1. The summed E-state index contributed by atoms with van der Waals surface area (Å²) in [5, 5.41) is 0. The predicted molar refractivity (Wildman–Crippen MR) is 69.6 cm³/mol. The third-order valence-electron chi connectivity index (χ3n) is 2.50. The van der Waals surface area contributed by atoms with E-state index in [9.17, 15) is 8.78 Å². The number of halogens is 3. The van der Waals surface area contributed by atoms with Gasteiger partial charge < -0.3 is 4.74 Å². The minimum Gasteiger partial charge on any atom is -0.486 e. The maximum atomic E-state index is 13.4. The van der Waals surface area contributed by atoms with Crippen LogP contribution < -0.4 is 4.74 Å². The molecule has 0 spiro atoms. The van der Waals surface area contributed by atoms with Crippen molar-refractivity contribution in [3.8, 4) is 5.75 Å². The van der Waals surface area contributed by atoms with Gasteiger partial charge in [-0.2, -0.15) is 0 Å². The van der Waals surface area contributed by atoms with Crippen LogP contribution in [0.15, 0.2) is 40.9 Å². The first-order chi connectivity index (χ1) is 8.58. The quantitative estimate of drug-likeness (QED) is 0.804. The highest BCUT2D eigenvalue weighted by Gasteiger charge is 2.08. The minimum atomic E-state index is -0.423. The molecule has 0 saturated carbocycles. The average molecular weight is 313 g/mol. The second kappa shape index (κ2) is 5.48. The highest BCUT2D eigenvalue weighted by Crippen LogP contribution is 2.24. The van der Waals surface area contributed by atoms with E-state index in [1.807, 2.05) is 6.92 Å². The molecule has 2 aromatic rings. The Morgan fingerprint density at radius 3 is 2.67 bits per heavy atom. The highest BCUT2D eigenvalue weighted by atomic mass is 79.9. The van der Waals surface area contributed by atoms with Gasteiger partial charge in [0.1, 0.15) is 12.4 Å². The third kappa shape index (κ3) is 2.88. The van der Waals surface area contributed by atoms with Gasteiger partial charge in [0, 0.05) is 5.56 Å². The molecule has 0 aliphatic carbocycles. The van der Waals surface area contributed by atoms with Crippen LogP contribution in [0.2, 0.25) is 0 Å². The topological polar surface area (TPSA) is 9.23 Å². The molecule has 0 saturated heterocycles. The summed E-state index contributed by atoms with van der Waals surface area (Å²) in [5.74, 6) is -0.611. The van der Waals surface area contributed by atoms with E-state index in [4.69, 9.17) is 4.74 Å². The number of benzene rings is 2. The van der Waals surface area contributed by atoms with Crippen LogP contribution in [-0.4, -0.2) is 0 Å². The van der Waals surface area contributed by atoms with Gasteiger partial charge in [-0.25, -0.2) is 8.78 Å². The van der Waals surface area contributed by atoms with E-state index < -0.39 is 5.82 Å². The van der Waals surface area contributed by atoms with Crippen molar-refractivity contribution in [2.75, 3.05) is 0 Å². The lowest BCUT2D eigenvalue weighted by atomic mass is 10.2. The molecule has 0 aliphatic rings. The molecule has 2 rings (SSSR count). The first-order valence-electron chi connectivity index (χ1n) is 5.40. The molecule has 18 heavy (non-hydrogen) atoms. The Kier molecular flexibility index (Phi) is 3.97. The number of hydrogen-bond acceptors (Lipinski definition) is 1. The predicted octanol–water partition coefficient (Wildman–Crippen LogP) is 4.61. The standard InChI is InChI=1S/C14H11BrF2O/c1-9-5-6-11(16)13(7-9)18-8-10-3-2-4-12(17)14(10)15/h2-7H,8H2,1H3. The average Bonchev–Trinajstić information content (AvgIpc) is 2.35. The fourth-order valence-corrected chi connectivity index (χ4v) is 1.92. The summed E-state index contributed by atoms with van der Waals surface area (Å²) in [6.07, 6.45) is 0. The van der Waals surface area contributed by atoms with E-state index in [2.05, 4.69) is 15.9 Å². The zero-order valence-corrected chi connectivity index (χ0v) is 11.3. The van der Waals surface area contributed by atoms with Gasteiger partial charge in [0.05, 0.1) is 4.47 Å². The van der Waals surface area contributed by atoms with Gasteiger partial charge >= 0.3 is 0 Å². The molecule has 0 aromatic heterocycles. The van der Waals surface area contributed by atoms with E-state index in [1.165, 1.54) is 12.1 Å². The van der Waals surface area contributed by atoms with E-state index in [0.717, 1.165) is 5.56 Å². The maximum absolute atomic E-state index is 13.4. The fraction of sp³-hybridized carbons (Fsp3) is 0.143. The summed E-state index contributed by atoms with van der Waals surface area (Å²) < 4.78 is 32.4. The van der Waals surface area contributed by atoms with Crippen LogP contribution in [0.5, 0.6) is 5.75 Å². The molecule has 0 atom stereocenters. The van der Waals surface area contributed by atoms with Crippen LogP contribution in [0.25, 0.3) is 0 Å². The highest BCUT2D eigenvalue weighted by molar-refractivity contribution is 9.10. The SMILES string of the molecule is Cc1ccc(F)c(OCc2cccc(F)c2Br)c1. The van der Waals surface area contributed by atoms with Gasteiger partial charge in [0.2, 0.25) is 0 Å². The molecule has 0 unspecified atom stereocenters. The Hall–Kier alpha value is -1.42. The summed E-state index contributed by atoms with van der Waals surface area (Å²) in [4.78, 5) is 0. The molecule has 4 heteroatoms. The number of ether oxygens (including phenoxy) is 1. The maximum Gasteiger partial charge on any atom is 0.165 e. The first kappa shape index (κ1) is 13.0. The molecule has 0 radical (unpaired) electrons. The van der Waals surface area contributed by atoms with Gasteiger partial charge in [0.15, 0.2) is 11.6 Å². The lowest BCUT2D eigenvalue weighted by molar-refractivity contribution is 0.288. The summed E-state index contributed by atoms with van der Waals surface area (Å²) in [6, 6.07) is 9.29. The Labute approximate surface area is 113 Å². The first-order valence-corrected chi connectivity index (χ1v) is 6.19. The molecule has 0 heterocycles. The molecule has 0 amide bonds. The van der Waals surface area contributed by atoms with Crippen molar-refractivity contribution < 1.29 is 13.5 Å². The van der Waals surface area contributed by atoms with Crippen molar-refractivity contribution in [3.63, 3.8) is 0 Å². The largest absolute Gasteiger partial charge is 0.486 e. The Balaban J connectivity index is 2.16. The second-order valence-electron chi connectivity index (χ2n) is 3.94. The van der Waals surface area contributed by atoms with Crippen molar-refractivity contribution in [3.05, 3.63) is 63.6 Å². The van der Waals surface area contributed by atoms with Crippen LogP contribution in [0, 0.1) is 18.6 Å². The number of rotatable bonds is 3. The lowest BCUT2D eigenvalue weighted by Gasteiger charge is -2.09. The lowest BCUT2D eigenvalue weighted by Crippen LogP contribution is -1.99. The second-order valence-corrected chi connectivity index (χ2v) is 4.73. The van der Waals surface area contributed by atoms with E-state index in [-0.39, 0.29) is 18.2 Å². The van der Waals surface area contributed by atoms with Crippen molar-refractivity contribution in [2.45, 2.75) is 13.5 Å². The van der Waals surface area contributed by atoms with Crippen LogP contribution in [-0.2, 0) is 6.61 Å². The number of hydrogen-bond donors (Lipinski definition) is 0. The Morgan fingerprint density at radius 2 is 1.89 bits per heavy atom. The van der Waals surface area contributed by atoms with Crippen LogP contribution in [0.3, 0.4) is 0 Å². The van der Waals surface area contributed by atoms with Crippen molar-refractivity contribution in [2.24, 2.45) is 0 Å².